The van der Waals surface area contributed by atoms with Gasteiger partial charge in [0.1, 0.15) is 17.5 Å². The fourth-order valence-corrected chi connectivity index (χ4v) is 8.35. The van der Waals surface area contributed by atoms with E-state index in [1.165, 1.54) is 18.6 Å². The van der Waals surface area contributed by atoms with Gasteiger partial charge in [0.15, 0.2) is 0 Å². The van der Waals surface area contributed by atoms with Crippen LogP contribution in [0.15, 0.2) is 34.0 Å². The molecule has 0 amide bonds. The van der Waals surface area contributed by atoms with Crippen molar-refractivity contribution in [3.63, 3.8) is 0 Å². The summed E-state index contributed by atoms with van der Waals surface area (Å²) in [6.45, 7) is 1.40. The monoisotopic (exact) mass is 491 g/mol. The number of aromatic nitrogens is 2. The summed E-state index contributed by atoms with van der Waals surface area (Å²) in [5, 5.41) is 1.22. The first-order valence-corrected chi connectivity index (χ1v) is 13.2. The number of aryl methyl sites for hydroxylation is 1. The Labute approximate surface area is 197 Å². The molecule has 0 aliphatic carbocycles. The molecule has 1 aromatic heterocycles. The molecule has 4 nitrogen and oxygen atoms in total. The average Bonchev–Trinajstić information content (AvgIpc) is 3.26. The standard InChI is InChI=1S/C23H20ClF2N3OS2/c24-16-9-15-20-21(19(16)14-4-3-13(25)8-17(14)26)32-7-6-29(20)23(30)27-22(15)28-5-1-2-12-10-31-11-18(12)28/h3-4,8-9,12,18H,1-2,5-7,10-11H2/t12-,18+/m1/s1. The predicted molar refractivity (Wildman–Crippen MR) is 128 cm³/mol. The van der Waals surface area contributed by atoms with Gasteiger partial charge in [-0.2, -0.15) is 16.7 Å². The number of fused-ring (bicyclic) bond motifs is 1. The number of nitrogens with zero attached hydrogens (tertiary/aromatic N) is 3. The highest BCUT2D eigenvalue weighted by Gasteiger charge is 2.38. The van der Waals surface area contributed by atoms with E-state index in [1.807, 2.05) is 17.8 Å². The van der Waals surface area contributed by atoms with Crippen LogP contribution in [-0.2, 0) is 6.54 Å². The Kier molecular flexibility index (Phi) is 5.15. The largest absolute Gasteiger partial charge is 0.352 e. The summed E-state index contributed by atoms with van der Waals surface area (Å²) in [5.41, 5.74) is 1.23. The molecule has 32 heavy (non-hydrogen) atoms. The van der Waals surface area contributed by atoms with E-state index in [4.69, 9.17) is 11.6 Å². The van der Waals surface area contributed by atoms with E-state index < -0.39 is 11.6 Å². The third kappa shape index (κ3) is 3.17. The summed E-state index contributed by atoms with van der Waals surface area (Å²) in [5.74, 6) is 2.83. The van der Waals surface area contributed by atoms with Crippen LogP contribution in [0.4, 0.5) is 14.6 Å². The Balaban J connectivity index is 1.63. The van der Waals surface area contributed by atoms with Crippen molar-refractivity contribution >= 4 is 51.8 Å². The van der Waals surface area contributed by atoms with Gasteiger partial charge < -0.3 is 4.90 Å². The summed E-state index contributed by atoms with van der Waals surface area (Å²) < 4.78 is 30.0. The Hall–Kier alpha value is -1.77. The number of hydrogen-bond acceptors (Lipinski definition) is 5. The second-order valence-electron chi connectivity index (χ2n) is 8.50. The lowest BCUT2D eigenvalue weighted by atomic mass is 9.91. The minimum Gasteiger partial charge on any atom is -0.352 e. The normalized spacial score (nSPS) is 22.4. The number of anilines is 1. The zero-order valence-corrected chi connectivity index (χ0v) is 19.5. The highest BCUT2D eigenvalue weighted by Crippen LogP contribution is 2.47. The first kappa shape index (κ1) is 20.8. The molecule has 0 spiro atoms. The van der Waals surface area contributed by atoms with E-state index in [2.05, 4.69) is 9.88 Å². The number of halogens is 3. The van der Waals surface area contributed by atoms with Crippen LogP contribution in [0.2, 0.25) is 5.02 Å². The molecule has 2 aromatic carbocycles. The Morgan fingerprint density at radius 3 is 2.88 bits per heavy atom. The van der Waals surface area contributed by atoms with Crippen molar-refractivity contribution in [1.82, 2.24) is 9.55 Å². The predicted octanol–water partition coefficient (Wildman–Crippen LogP) is 5.43. The summed E-state index contributed by atoms with van der Waals surface area (Å²) >= 11 is 10.3. The third-order valence-corrected chi connectivity index (χ3v) is 9.34. The van der Waals surface area contributed by atoms with Gasteiger partial charge in [-0.05, 0) is 42.7 Å². The molecular formula is C23H20ClF2N3OS2. The topological polar surface area (TPSA) is 38.1 Å². The van der Waals surface area contributed by atoms with Crippen LogP contribution >= 0.6 is 35.1 Å². The Morgan fingerprint density at radius 1 is 1.16 bits per heavy atom. The molecule has 2 fully saturated rings. The first-order valence-electron chi connectivity index (χ1n) is 10.7. The molecule has 3 aliphatic heterocycles. The van der Waals surface area contributed by atoms with E-state index in [0.717, 1.165) is 46.3 Å². The van der Waals surface area contributed by atoms with Gasteiger partial charge in [0.05, 0.1) is 10.5 Å². The molecule has 0 bridgehead atoms. The Morgan fingerprint density at radius 2 is 2.03 bits per heavy atom. The van der Waals surface area contributed by atoms with Gasteiger partial charge in [-0.25, -0.2) is 13.6 Å². The molecule has 3 aliphatic rings. The molecule has 9 heteroatoms. The number of thioether (sulfide) groups is 2. The summed E-state index contributed by atoms with van der Waals surface area (Å²) in [6.07, 6.45) is 2.28. The molecule has 2 saturated heterocycles. The fourth-order valence-electron chi connectivity index (χ4n) is 5.27. The minimum absolute atomic E-state index is 0.241. The van der Waals surface area contributed by atoms with Crippen molar-refractivity contribution in [3.05, 3.63) is 51.4 Å². The highest BCUT2D eigenvalue weighted by atomic mass is 35.5. The molecule has 166 valence electrons. The molecule has 3 aromatic rings. The highest BCUT2D eigenvalue weighted by molar-refractivity contribution is 7.99. The van der Waals surface area contributed by atoms with Gasteiger partial charge in [-0.1, -0.05) is 11.6 Å². The second-order valence-corrected chi connectivity index (χ2v) is 11.1. The van der Waals surface area contributed by atoms with Gasteiger partial charge in [0.25, 0.3) is 0 Å². The summed E-state index contributed by atoms with van der Waals surface area (Å²) in [6, 6.07) is 5.70. The van der Waals surface area contributed by atoms with Crippen LogP contribution < -0.4 is 10.6 Å². The zero-order valence-electron chi connectivity index (χ0n) is 17.1. The lowest BCUT2D eigenvalue weighted by Crippen LogP contribution is -2.46. The van der Waals surface area contributed by atoms with Crippen molar-refractivity contribution in [1.29, 1.82) is 0 Å². The molecule has 2 atom stereocenters. The van der Waals surface area contributed by atoms with Crippen LogP contribution in [0.1, 0.15) is 12.8 Å². The molecule has 0 saturated carbocycles. The molecule has 0 N–H and O–H groups in total. The fraction of sp³-hybridized carbons (Fsp3) is 0.391. The van der Waals surface area contributed by atoms with E-state index in [0.29, 0.717) is 40.7 Å². The number of benzene rings is 2. The molecule has 6 rings (SSSR count). The van der Waals surface area contributed by atoms with Crippen LogP contribution in [0.5, 0.6) is 0 Å². The number of piperidine rings is 1. The maximum Gasteiger partial charge on any atom is 0.350 e. The quantitative estimate of drug-likeness (QED) is 0.477. The van der Waals surface area contributed by atoms with Gasteiger partial charge in [0, 0.05) is 58.1 Å². The van der Waals surface area contributed by atoms with Gasteiger partial charge in [-0.3, -0.25) is 4.57 Å². The second kappa shape index (κ2) is 7.92. The maximum absolute atomic E-state index is 14.7. The van der Waals surface area contributed by atoms with Crippen molar-refractivity contribution < 1.29 is 8.78 Å². The third-order valence-electron chi connectivity index (χ3n) is 6.72. The van der Waals surface area contributed by atoms with Crippen molar-refractivity contribution in [2.75, 3.05) is 28.7 Å². The number of rotatable bonds is 2. The van der Waals surface area contributed by atoms with E-state index in [1.54, 1.807) is 16.3 Å². The summed E-state index contributed by atoms with van der Waals surface area (Å²) in [7, 11) is 0. The van der Waals surface area contributed by atoms with Crippen molar-refractivity contribution in [3.8, 4) is 11.1 Å². The van der Waals surface area contributed by atoms with Crippen LogP contribution in [-0.4, -0.2) is 39.4 Å². The van der Waals surface area contributed by atoms with Crippen LogP contribution in [0.25, 0.3) is 22.0 Å². The lowest BCUT2D eigenvalue weighted by molar-refractivity contribution is 0.384. The zero-order chi connectivity index (χ0) is 22.0. The Bertz CT molecular complexity index is 1310. The van der Waals surface area contributed by atoms with Gasteiger partial charge >= 0.3 is 5.69 Å². The SMILES string of the molecule is O=c1nc(N2CCC[C@@H]3CSC[C@@H]32)c2cc(Cl)c(-c3ccc(F)cc3F)c3c2n1CCS3. The molecule has 0 radical (unpaired) electrons. The van der Waals surface area contributed by atoms with Gasteiger partial charge in [0.2, 0.25) is 0 Å². The number of hydrogen-bond donors (Lipinski definition) is 0. The van der Waals surface area contributed by atoms with Gasteiger partial charge in [-0.15, -0.1) is 11.8 Å². The first-order chi connectivity index (χ1) is 15.5. The van der Waals surface area contributed by atoms with Crippen molar-refractivity contribution in [2.24, 2.45) is 5.92 Å². The van der Waals surface area contributed by atoms with E-state index >= 15 is 0 Å². The van der Waals surface area contributed by atoms with Crippen LogP contribution in [0.3, 0.4) is 0 Å². The smallest absolute Gasteiger partial charge is 0.350 e. The van der Waals surface area contributed by atoms with Crippen molar-refractivity contribution in [2.45, 2.75) is 30.3 Å². The van der Waals surface area contributed by atoms with E-state index in [9.17, 15) is 13.6 Å². The molecule has 0 unspecified atom stereocenters. The molecular weight excluding hydrogens is 472 g/mol. The summed E-state index contributed by atoms with van der Waals surface area (Å²) in [4.78, 5) is 20.7. The lowest BCUT2D eigenvalue weighted by Gasteiger charge is -2.39. The van der Waals surface area contributed by atoms with E-state index in [-0.39, 0.29) is 11.3 Å². The van der Waals surface area contributed by atoms with Crippen LogP contribution in [0, 0.1) is 17.6 Å². The minimum atomic E-state index is -0.668. The molecule has 4 heterocycles. The maximum atomic E-state index is 14.7. The average molecular weight is 492 g/mol.